The second-order valence-electron chi connectivity index (χ2n) is 4.87. The molecular weight excluding hydrogens is 272 g/mol. The second-order valence-corrected chi connectivity index (χ2v) is 4.87. The highest BCUT2D eigenvalue weighted by Gasteiger charge is 2.22. The van der Waals surface area contributed by atoms with Gasteiger partial charge in [0.05, 0.1) is 7.11 Å². The van der Waals surface area contributed by atoms with E-state index < -0.39 is 12.2 Å². The molecule has 0 aliphatic carbocycles. The molecule has 0 saturated carbocycles. The molecule has 2 unspecified atom stereocenters. The van der Waals surface area contributed by atoms with Crippen LogP contribution < -0.4 is 4.74 Å². The molecule has 2 atom stereocenters. The van der Waals surface area contributed by atoms with Crippen LogP contribution in [0.25, 0.3) is 0 Å². The van der Waals surface area contributed by atoms with Crippen LogP contribution >= 0.6 is 0 Å². The van der Waals surface area contributed by atoms with Crippen molar-refractivity contribution in [3.05, 3.63) is 53.1 Å². The highest BCUT2D eigenvalue weighted by Crippen LogP contribution is 2.35. The van der Waals surface area contributed by atoms with Crippen molar-refractivity contribution in [3.63, 3.8) is 0 Å². The number of phenolic OH excluding ortho intramolecular Hbond substituents is 2. The van der Waals surface area contributed by atoms with E-state index in [0.717, 1.165) is 0 Å². The summed E-state index contributed by atoms with van der Waals surface area (Å²) >= 11 is 0. The van der Waals surface area contributed by atoms with E-state index in [4.69, 9.17) is 4.74 Å². The van der Waals surface area contributed by atoms with Gasteiger partial charge in [0.15, 0.2) is 11.5 Å². The molecule has 0 radical (unpaired) electrons. The Balaban J connectivity index is 2.29. The molecule has 0 fully saturated rings. The minimum atomic E-state index is -1.18. The number of hydrogen-bond donors (Lipinski definition) is 4. The largest absolute Gasteiger partial charge is 0.508 e. The molecule has 2 aromatic rings. The Morgan fingerprint density at radius 1 is 0.857 bits per heavy atom. The van der Waals surface area contributed by atoms with Gasteiger partial charge in [0.25, 0.3) is 0 Å². The van der Waals surface area contributed by atoms with Crippen molar-refractivity contribution in [1.29, 1.82) is 0 Å². The molecule has 0 aliphatic heterocycles. The van der Waals surface area contributed by atoms with E-state index in [1.54, 1.807) is 19.1 Å². The summed E-state index contributed by atoms with van der Waals surface area (Å²) in [7, 11) is 1.41. The molecule has 0 saturated heterocycles. The lowest BCUT2D eigenvalue weighted by Gasteiger charge is -2.20. The van der Waals surface area contributed by atoms with Crippen LogP contribution in [0.3, 0.4) is 0 Å². The van der Waals surface area contributed by atoms with Gasteiger partial charge in [-0.2, -0.15) is 0 Å². The van der Waals surface area contributed by atoms with Crippen LogP contribution in [0.5, 0.6) is 17.2 Å². The van der Waals surface area contributed by atoms with E-state index in [2.05, 4.69) is 0 Å². The Morgan fingerprint density at radius 2 is 1.38 bits per heavy atom. The SMILES string of the molecule is COc1cc(C(O)C(O)c2ccc(O)c(C)c2)ccc1O. The summed E-state index contributed by atoms with van der Waals surface area (Å²) in [5, 5.41) is 39.6. The number of ether oxygens (including phenoxy) is 1. The fourth-order valence-electron chi connectivity index (χ4n) is 2.11. The lowest BCUT2D eigenvalue weighted by Crippen LogP contribution is -2.10. The molecule has 21 heavy (non-hydrogen) atoms. The number of benzene rings is 2. The number of phenols is 2. The Morgan fingerprint density at radius 3 is 1.90 bits per heavy atom. The monoisotopic (exact) mass is 290 g/mol. The second kappa shape index (κ2) is 6.03. The molecule has 0 aromatic heterocycles. The standard InChI is InChI=1S/C16H18O5/c1-9-7-10(3-5-12(9)17)15(19)16(20)11-4-6-13(18)14(8-11)21-2/h3-8,15-20H,1-2H3. The zero-order valence-corrected chi connectivity index (χ0v) is 11.8. The molecule has 0 aliphatic rings. The van der Waals surface area contributed by atoms with E-state index in [0.29, 0.717) is 16.7 Å². The van der Waals surface area contributed by atoms with E-state index in [1.165, 1.54) is 31.4 Å². The smallest absolute Gasteiger partial charge is 0.160 e. The Kier molecular flexibility index (Phi) is 4.35. The van der Waals surface area contributed by atoms with E-state index in [1.807, 2.05) is 0 Å². The van der Waals surface area contributed by atoms with Crippen LogP contribution in [0.2, 0.25) is 0 Å². The molecule has 112 valence electrons. The molecule has 4 N–H and O–H groups in total. The fraction of sp³-hybridized carbons (Fsp3) is 0.250. The quantitative estimate of drug-likeness (QED) is 0.693. The number of methoxy groups -OCH3 is 1. The Bertz CT molecular complexity index is 639. The van der Waals surface area contributed by atoms with E-state index in [9.17, 15) is 20.4 Å². The first-order valence-corrected chi connectivity index (χ1v) is 6.46. The predicted molar refractivity (Wildman–Crippen MR) is 77.4 cm³/mol. The first-order valence-electron chi connectivity index (χ1n) is 6.46. The summed E-state index contributed by atoms with van der Waals surface area (Å²) in [6.07, 6.45) is -2.33. The maximum Gasteiger partial charge on any atom is 0.160 e. The number of hydrogen-bond acceptors (Lipinski definition) is 5. The lowest BCUT2D eigenvalue weighted by molar-refractivity contribution is 0.0170. The summed E-state index contributed by atoms with van der Waals surface area (Å²) < 4.78 is 4.98. The molecule has 2 aromatic carbocycles. The average Bonchev–Trinajstić information content (AvgIpc) is 2.49. The molecule has 5 heteroatoms. The van der Waals surface area contributed by atoms with Crippen LogP contribution in [0.4, 0.5) is 0 Å². The van der Waals surface area contributed by atoms with Gasteiger partial charge in [-0.3, -0.25) is 0 Å². The van der Waals surface area contributed by atoms with Gasteiger partial charge in [-0.15, -0.1) is 0 Å². The van der Waals surface area contributed by atoms with Crippen LogP contribution in [0, 0.1) is 6.92 Å². The van der Waals surface area contributed by atoms with E-state index >= 15 is 0 Å². The number of aliphatic hydroxyl groups is 2. The summed E-state index contributed by atoms with van der Waals surface area (Å²) in [4.78, 5) is 0. The molecule has 2 rings (SSSR count). The third kappa shape index (κ3) is 3.09. The van der Waals surface area contributed by atoms with Crippen molar-refractivity contribution in [1.82, 2.24) is 0 Å². The molecule has 0 bridgehead atoms. The van der Waals surface area contributed by atoms with Crippen molar-refractivity contribution >= 4 is 0 Å². The minimum absolute atomic E-state index is 0.0385. The zero-order chi connectivity index (χ0) is 15.6. The summed E-state index contributed by atoms with van der Waals surface area (Å²) in [5.41, 5.74) is 1.52. The minimum Gasteiger partial charge on any atom is -0.508 e. The summed E-state index contributed by atoms with van der Waals surface area (Å²) in [5.74, 6) is 0.316. The van der Waals surface area contributed by atoms with Crippen LogP contribution in [0.15, 0.2) is 36.4 Å². The average molecular weight is 290 g/mol. The van der Waals surface area contributed by atoms with Crippen LogP contribution in [-0.2, 0) is 0 Å². The van der Waals surface area contributed by atoms with Crippen molar-refractivity contribution in [3.8, 4) is 17.2 Å². The van der Waals surface area contributed by atoms with Gasteiger partial charge >= 0.3 is 0 Å². The van der Waals surface area contributed by atoms with Crippen molar-refractivity contribution in [2.24, 2.45) is 0 Å². The Labute approximate surface area is 122 Å². The van der Waals surface area contributed by atoms with Crippen molar-refractivity contribution < 1.29 is 25.2 Å². The number of aryl methyl sites for hydroxylation is 1. The molecular formula is C16H18O5. The van der Waals surface area contributed by atoms with Gasteiger partial charge in [-0.1, -0.05) is 12.1 Å². The van der Waals surface area contributed by atoms with Crippen LogP contribution in [0.1, 0.15) is 28.9 Å². The van der Waals surface area contributed by atoms with Gasteiger partial charge < -0.3 is 25.2 Å². The highest BCUT2D eigenvalue weighted by molar-refractivity contribution is 5.43. The number of aromatic hydroxyl groups is 2. The molecule has 0 spiro atoms. The maximum absolute atomic E-state index is 10.3. The molecule has 5 nitrogen and oxygen atoms in total. The van der Waals surface area contributed by atoms with Crippen LogP contribution in [-0.4, -0.2) is 27.5 Å². The van der Waals surface area contributed by atoms with E-state index in [-0.39, 0.29) is 17.2 Å². The molecule has 0 heterocycles. The topological polar surface area (TPSA) is 90.2 Å². The number of aliphatic hydroxyl groups excluding tert-OH is 2. The van der Waals surface area contributed by atoms with Gasteiger partial charge in [0.1, 0.15) is 18.0 Å². The zero-order valence-electron chi connectivity index (χ0n) is 11.8. The third-order valence-corrected chi connectivity index (χ3v) is 3.41. The first kappa shape index (κ1) is 15.2. The van der Waals surface area contributed by atoms with Gasteiger partial charge in [-0.25, -0.2) is 0 Å². The normalized spacial score (nSPS) is 13.7. The molecule has 0 amide bonds. The maximum atomic E-state index is 10.3. The first-order chi connectivity index (χ1) is 9.93. The van der Waals surface area contributed by atoms with Gasteiger partial charge in [0, 0.05) is 0 Å². The van der Waals surface area contributed by atoms with Gasteiger partial charge in [0.2, 0.25) is 0 Å². The van der Waals surface area contributed by atoms with Gasteiger partial charge in [-0.05, 0) is 47.9 Å². The fourth-order valence-corrected chi connectivity index (χ4v) is 2.11. The lowest BCUT2D eigenvalue weighted by atomic mass is 9.96. The predicted octanol–water partition coefficient (Wildman–Crippen LogP) is 2.18. The highest BCUT2D eigenvalue weighted by atomic mass is 16.5. The third-order valence-electron chi connectivity index (χ3n) is 3.41. The Hall–Kier alpha value is -2.24. The van der Waals surface area contributed by atoms with Crippen molar-refractivity contribution in [2.45, 2.75) is 19.1 Å². The summed E-state index contributed by atoms with van der Waals surface area (Å²) in [6, 6.07) is 9.01. The summed E-state index contributed by atoms with van der Waals surface area (Å²) in [6.45, 7) is 1.71. The van der Waals surface area contributed by atoms with Crippen molar-refractivity contribution in [2.75, 3.05) is 7.11 Å². The number of rotatable bonds is 4.